The van der Waals surface area contributed by atoms with Gasteiger partial charge in [0.15, 0.2) is 5.84 Å². The van der Waals surface area contributed by atoms with Gasteiger partial charge in [-0.2, -0.15) is 0 Å². The van der Waals surface area contributed by atoms with Crippen LogP contribution in [0.15, 0.2) is 84.0 Å². The Kier molecular flexibility index (Phi) is 4.25. The summed E-state index contributed by atoms with van der Waals surface area (Å²) in [7, 11) is 0. The Labute approximate surface area is 134 Å². The molecule has 1 heterocycles. The van der Waals surface area contributed by atoms with Gasteiger partial charge >= 0.3 is 0 Å². The van der Waals surface area contributed by atoms with Crippen LogP contribution < -0.4 is 5.73 Å². The van der Waals surface area contributed by atoms with Crippen LogP contribution in [0.1, 0.15) is 11.1 Å². The molecule has 0 saturated carbocycles. The van der Waals surface area contributed by atoms with Crippen LogP contribution >= 0.6 is 0 Å². The van der Waals surface area contributed by atoms with E-state index in [0.29, 0.717) is 11.4 Å². The van der Waals surface area contributed by atoms with Gasteiger partial charge in [0.2, 0.25) is 0 Å². The van der Waals surface area contributed by atoms with Crippen LogP contribution in [0, 0.1) is 5.41 Å². The number of nitrogens with zero attached hydrogens (tertiary/aromatic N) is 2. The van der Waals surface area contributed by atoms with Crippen LogP contribution in [0.4, 0.5) is 0 Å². The first-order valence-electron chi connectivity index (χ1n) is 7.24. The largest absolute Gasteiger partial charge is 0.383 e. The number of aliphatic imine (C=N–C) groups is 1. The minimum Gasteiger partial charge on any atom is -0.383 e. The summed E-state index contributed by atoms with van der Waals surface area (Å²) in [5.41, 5.74) is 9.38. The number of nitrogens with two attached hydrogens (primary N) is 1. The summed E-state index contributed by atoms with van der Waals surface area (Å²) in [6, 6.07) is 22.8. The third-order valence-corrected chi connectivity index (χ3v) is 3.42. The lowest BCUT2D eigenvalue weighted by atomic mass is 10.1. The molecule has 2 aromatic carbocycles. The van der Waals surface area contributed by atoms with Crippen molar-refractivity contribution in [2.75, 3.05) is 0 Å². The minimum absolute atomic E-state index is 0.138. The van der Waals surface area contributed by atoms with Crippen molar-refractivity contribution in [3.63, 3.8) is 0 Å². The Bertz CT molecular complexity index is 822. The average Bonchev–Trinajstić information content (AvgIpc) is 2.63. The van der Waals surface area contributed by atoms with Gasteiger partial charge < -0.3 is 5.73 Å². The number of rotatable bonds is 3. The molecule has 0 aliphatic heterocycles. The highest BCUT2D eigenvalue weighted by Crippen LogP contribution is 2.17. The van der Waals surface area contributed by atoms with E-state index in [-0.39, 0.29) is 5.84 Å². The first-order valence-corrected chi connectivity index (χ1v) is 7.24. The number of amidine groups is 2. The molecule has 0 spiro atoms. The third-order valence-electron chi connectivity index (χ3n) is 3.42. The zero-order chi connectivity index (χ0) is 16.1. The Morgan fingerprint density at radius 1 is 0.826 bits per heavy atom. The second-order valence-corrected chi connectivity index (χ2v) is 5.00. The normalized spacial score (nSPS) is 11.2. The van der Waals surface area contributed by atoms with E-state index >= 15 is 0 Å². The van der Waals surface area contributed by atoms with Gasteiger partial charge in [-0.05, 0) is 12.1 Å². The molecule has 3 N–H and O–H groups in total. The maximum atomic E-state index is 8.10. The highest BCUT2D eigenvalue weighted by atomic mass is 14.9. The van der Waals surface area contributed by atoms with Gasteiger partial charge in [0.25, 0.3) is 0 Å². The van der Waals surface area contributed by atoms with Crippen molar-refractivity contribution in [3.05, 3.63) is 90.1 Å². The number of aromatic nitrogens is 1. The molecular formula is C19H16N4. The lowest BCUT2D eigenvalue weighted by molar-refractivity contribution is 1.32. The van der Waals surface area contributed by atoms with Crippen LogP contribution in [-0.2, 0) is 0 Å². The Morgan fingerprint density at radius 2 is 1.52 bits per heavy atom. The van der Waals surface area contributed by atoms with E-state index in [0.717, 1.165) is 16.8 Å². The average molecular weight is 300 g/mol. The van der Waals surface area contributed by atoms with Gasteiger partial charge in [-0.3, -0.25) is 10.4 Å². The molecular weight excluding hydrogens is 284 g/mol. The lowest BCUT2D eigenvalue weighted by Gasteiger charge is -2.04. The van der Waals surface area contributed by atoms with Crippen LogP contribution in [0.25, 0.3) is 11.3 Å². The summed E-state index contributed by atoms with van der Waals surface area (Å²) < 4.78 is 0. The van der Waals surface area contributed by atoms with E-state index in [1.54, 1.807) is 6.20 Å². The second-order valence-electron chi connectivity index (χ2n) is 5.00. The highest BCUT2D eigenvalue weighted by Gasteiger charge is 2.04. The number of nitrogens with one attached hydrogen (secondary N) is 1. The summed E-state index contributed by atoms with van der Waals surface area (Å²) in [6.45, 7) is 0. The second kappa shape index (κ2) is 6.66. The van der Waals surface area contributed by atoms with Crippen molar-refractivity contribution >= 4 is 11.7 Å². The lowest BCUT2D eigenvalue weighted by Crippen LogP contribution is -2.15. The van der Waals surface area contributed by atoms with Crippen molar-refractivity contribution in [3.8, 4) is 11.3 Å². The van der Waals surface area contributed by atoms with Crippen LogP contribution in [0.5, 0.6) is 0 Å². The Hall–Kier alpha value is -3.27. The van der Waals surface area contributed by atoms with Gasteiger partial charge in [0.05, 0.1) is 5.69 Å². The SMILES string of the molecule is N=C(N=C(N)c1ccccc1)c1ccc(-c2ccccn2)cc1. The van der Waals surface area contributed by atoms with Gasteiger partial charge in [0.1, 0.15) is 5.84 Å². The molecule has 0 aliphatic rings. The summed E-state index contributed by atoms with van der Waals surface area (Å²) in [4.78, 5) is 8.49. The molecule has 3 aromatic rings. The zero-order valence-corrected chi connectivity index (χ0v) is 12.5. The van der Waals surface area contributed by atoms with Crippen molar-refractivity contribution in [2.45, 2.75) is 0 Å². The number of pyridine rings is 1. The predicted molar refractivity (Wildman–Crippen MR) is 93.7 cm³/mol. The van der Waals surface area contributed by atoms with Crippen molar-refractivity contribution < 1.29 is 0 Å². The number of hydrogen-bond donors (Lipinski definition) is 2. The smallest absolute Gasteiger partial charge is 0.154 e. The minimum atomic E-state index is 0.138. The molecule has 0 radical (unpaired) electrons. The summed E-state index contributed by atoms with van der Waals surface area (Å²) in [5, 5.41) is 8.10. The number of hydrogen-bond acceptors (Lipinski definition) is 2. The molecule has 3 rings (SSSR count). The van der Waals surface area contributed by atoms with E-state index < -0.39 is 0 Å². The molecule has 0 aliphatic carbocycles. The van der Waals surface area contributed by atoms with Crippen LogP contribution in [0.2, 0.25) is 0 Å². The fourth-order valence-corrected chi connectivity index (χ4v) is 2.19. The summed E-state index contributed by atoms with van der Waals surface area (Å²) >= 11 is 0. The van der Waals surface area contributed by atoms with Crippen LogP contribution in [-0.4, -0.2) is 16.7 Å². The van der Waals surface area contributed by atoms with Gasteiger partial charge in [-0.15, -0.1) is 0 Å². The zero-order valence-electron chi connectivity index (χ0n) is 12.5. The molecule has 0 fully saturated rings. The maximum absolute atomic E-state index is 8.10. The van der Waals surface area contributed by atoms with Gasteiger partial charge in [-0.1, -0.05) is 60.7 Å². The molecule has 0 atom stereocenters. The van der Waals surface area contributed by atoms with Gasteiger partial charge in [0, 0.05) is 22.9 Å². The van der Waals surface area contributed by atoms with Crippen molar-refractivity contribution in [1.29, 1.82) is 5.41 Å². The fourth-order valence-electron chi connectivity index (χ4n) is 2.19. The molecule has 4 nitrogen and oxygen atoms in total. The van der Waals surface area contributed by atoms with Crippen molar-refractivity contribution in [2.24, 2.45) is 10.7 Å². The van der Waals surface area contributed by atoms with E-state index in [2.05, 4.69) is 9.98 Å². The molecule has 0 unspecified atom stereocenters. The fraction of sp³-hybridized carbons (Fsp3) is 0. The van der Waals surface area contributed by atoms with E-state index in [4.69, 9.17) is 11.1 Å². The first-order chi connectivity index (χ1) is 11.2. The molecule has 0 saturated heterocycles. The standard InChI is InChI=1S/C19H16N4/c20-18(15-6-2-1-3-7-15)23-19(21)16-11-9-14(10-12-16)17-8-4-5-13-22-17/h1-13H,(H3,20,21,23). The monoisotopic (exact) mass is 300 g/mol. The van der Waals surface area contributed by atoms with Crippen LogP contribution in [0.3, 0.4) is 0 Å². The van der Waals surface area contributed by atoms with E-state index in [1.807, 2.05) is 72.8 Å². The Balaban J connectivity index is 1.81. The third kappa shape index (κ3) is 3.49. The molecule has 23 heavy (non-hydrogen) atoms. The topological polar surface area (TPSA) is 75.1 Å². The molecule has 1 aromatic heterocycles. The highest BCUT2D eigenvalue weighted by molar-refractivity contribution is 6.09. The molecule has 112 valence electrons. The van der Waals surface area contributed by atoms with Gasteiger partial charge in [-0.25, -0.2) is 4.99 Å². The predicted octanol–water partition coefficient (Wildman–Crippen LogP) is 3.48. The van der Waals surface area contributed by atoms with E-state index in [1.165, 1.54) is 0 Å². The number of benzene rings is 2. The van der Waals surface area contributed by atoms with Crippen molar-refractivity contribution in [1.82, 2.24) is 4.98 Å². The molecule has 0 amide bonds. The Morgan fingerprint density at radius 3 is 2.17 bits per heavy atom. The molecule has 4 heteroatoms. The molecule has 0 bridgehead atoms. The summed E-state index contributed by atoms with van der Waals surface area (Å²) in [6.07, 6.45) is 1.76. The van der Waals surface area contributed by atoms with E-state index in [9.17, 15) is 0 Å². The summed E-state index contributed by atoms with van der Waals surface area (Å²) in [5.74, 6) is 0.475. The quantitative estimate of drug-likeness (QED) is 0.574. The first kappa shape index (κ1) is 14.7. The maximum Gasteiger partial charge on any atom is 0.154 e.